The SMILES string of the molecule is CCCCCCN(C)C(=O)CCCCOc1ccc2c(c1)CN1CC(=O)NC1=N2. The van der Waals surface area contributed by atoms with Crippen LogP contribution in [0.25, 0.3) is 0 Å². The van der Waals surface area contributed by atoms with Crippen LogP contribution in [0.15, 0.2) is 23.2 Å². The molecule has 1 fully saturated rings. The van der Waals surface area contributed by atoms with Gasteiger partial charge in [-0.15, -0.1) is 0 Å². The van der Waals surface area contributed by atoms with Crippen LogP contribution in [0.4, 0.5) is 5.69 Å². The molecule has 3 rings (SSSR count). The summed E-state index contributed by atoms with van der Waals surface area (Å²) in [6, 6.07) is 5.83. The largest absolute Gasteiger partial charge is 0.494 e. The Kier molecular flexibility index (Phi) is 7.49. The lowest BCUT2D eigenvalue weighted by molar-refractivity contribution is -0.130. The third-order valence-electron chi connectivity index (χ3n) is 5.35. The molecular formula is C22H32N4O3. The van der Waals surface area contributed by atoms with E-state index in [2.05, 4.69) is 17.2 Å². The number of unbranched alkanes of at least 4 members (excludes halogenated alkanes) is 4. The molecule has 1 saturated heterocycles. The van der Waals surface area contributed by atoms with Gasteiger partial charge in [0.15, 0.2) is 0 Å². The topological polar surface area (TPSA) is 74.2 Å². The first-order chi connectivity index (χ1) is 14.1. The Morgan fingerprint density at radius 3 is 2.90 bits per heavy atom. The molecule has 29 heavy (non-hydrogen) atoms. The van der Waals surface area contributed by atoms with Crippen LogP contribution < -0.4 is 10.1 Å². The number of fused-ring (bicyclic) bond motifs is 2. The van der Waals surface area contributed by atoms with Gasteiger partial charge in [0, 0.05) is 32.1 Å². The van der Waals surface area contributed by atoms with Gasteiger partial charge in [0.2, 0.25) is 17.8 Å². The Labute approximate surface area is 173 Å². The Morgan fingerprint density at radius 2 is 2.07 bits per heavy atom. The molecule has 0 aliphatic carbocycles. The van der Waals surface area contributed by atoms with Crippen molar-refractivity contribution in [2.75, 3.05) is 26.7 Å². The van der Waals surface area contributed by atoms with Gasteiger partial charge in [0.1, 0.15) is 12.3 Å². The van der Waals surface area contributed by atoms with Gasteiger partial charge in [0.05, 0.1) is 12.3 Å². The zero-order chi connectivity index (χ0) is 20.6. The van der Waals surface area contributed by atoms with Crippen LogP contribution in [-0.4, -0.2) is 54.3 Å². The highest BCUT2D eigenvalue weighted by Crippen LogP contribution is 2.30. The maximum absolute atomic E-state index is 12.2. The van der Waals surface area contributed by atoms with Gasteiger partial charge < -0.3 is 14.5 Å². The molecule has 158 valence electrons. The molecule has 7 nitrogen and oxygen atoms in total. The first-order valence-electron chi connectivity index (χ1n) is 10.7. The van der Waals surface area contributed by atoms with E-state index >= 15 is 0 Å². The van der Waals surface area contributed by atoms with Crippen molar-refractivity contribution in [3.63, 3.8) is 0 Å². The standard InChI is InChI=1S/C22H32N4O3/c1-3-4-5-7-12-25(2)21(28)9-6-8-13-29-18-10-11-19-17(14-18)15-26-16-20(27)24-22(26)23-19/h10-11,14H,3-9,12-13,15-16H2,1-2H3,(H,23,24,27). The Hall–Kier alpha value is -2.57. The van der Waals surface area contributed by atoms with Gasteiger partial charge in [-0.05, 0) is 37.5 Å². The van der Waals surface area contributed by atoms with E-state index in [0.29, 0.717) is 32.1 Å². The van der Waals surface area contributed by atoms with Gasteiger partial charge in [-0.25, -0.2) is 4.99 Å². The van der Waals surface area contributed by atoms with Crippen molar-refractivity contribution >= 4 is 23.5 Å². The monoisotopic (exact) mass is 400 g/mol. The van der Waals surface area contributed by atoms with E-state index in [1.807, 2.05) is 35.0 Å². The first-order valence-corrected chi connectivity index (χ1v) is 10.7. The molecule has 2 heterocycles. The third kappa shape index (κ3) is 5.95. The number of amides is 2. The normalized spacial score (nSPS) is 14.8. The van der Waals surface area contributed by atoms with E-state index in [-0.39, 0.29) is 11.8 Å². The van der Waals surface area contributed by atoms with E-state index in [1.165, 1.54) is 19.3 Å². The number of benzene rings is 1. The van der Waals surface area contributed by atoms with Gasteiger partial charge >= 0.3 is 0 Å². The fraction of sp³-hybridized carbons (Fsp3) is 0.591. The van der Waals surface area contributed by atoms with E-state index < -0.39 is 0 Å². The van der Waals surface area contributed by atoms with Crippen LogP contribution in [0.3, 0.4) is 0 Å². The summed E-state index contributed by atoms with van der Waals surface area (Å²) in [6.07, 6.45) is 6.99. The highest BCUT2D eigenvalue weighted by molar-refractivity contribution is 6.05. The minimum Gasteiger partial charge on any atom is -0.494 e. The number of nitrogens with one attached hydrogen (secondary N) is 1. The highest BCUT2D eigenvalue weighted by Gasteiger charge is 2.29. The molecule has 1 aromatic rings. The second-order valence-electron chi connectivity index (χ2n) is 7.81. The Morgan fingerprint density at radius 1 is 1.21 bits per heavy atom. The van der Waals surface area contributed by atoms with Crippen molar-refractivity contribution < 1.29 is 14.3 Å². The molecule has 0 atom stereocenters. The number of nitrogens with zero attached hydrogens (tertiary/aromatic N) is 3. The van der Waals surface area contributed by atoms with Gasteiger partial charge in [0.25, 0.3) is 0 Å². The molecule has 2 amide bonds. The van der Waals surface area contributed by atoms with E-state index in [1.54, 1.807) is 0 Å². The molecule has 0 saturated carbocycles. The molecule has 2 aliphatic heterocycles. The maximum Gasteiger partial charge on any atom is 0.246 e. The summed E-state index contributed by atoms with van der Waals surface area (Å²) in [7, 11) is 1.90. The summed E-state index contributed by atoms with van der Waals surface area (Å²) in [5.41, 5.74) is 1.93. The first kappa shape index (κ1) is 21.1. The predicted octanol–water partition coefficient (Wildman–Crippen LogP) is 3.21. The molecule has 7 heteroatoms. The number of hydrogen-bond donors (Lipinski definition) is 1. The Bertz CT molecular complexity index is 762. The van der Waals surface area contributed by atoms with E-state index in [9.17, 15) is 9.59 Å². The molecule has 1 aromatic carbocycles. The van der Waals surface area contributed by atoms with Gasteiger partial charge in [-0.1, -0.05) is 26.2 Å². The van der Waals surface area contributed by atoms with Crippen molar-refractivity contribution in [1.82, 2.24) is 15.1 Å². The number of guanidine groups is 1. The zero-order valence-electron chi connectivity index (χ0n) is 17.6. The van der Waals surface area contributed by atoms with Crippen LogP contribution in [0.5, 0.6) is 5.75 Å². The molecule has 0 unspecified atom stereocenters. The molecule has 1 N–H and O–H groups in total. The molecule has 0 aromatic heterocycles. The minimum absolute atomic E-state index is 0.0193. The molecule has 0 radical (unpaired) electrons. The molecule has 2 aliphatic rings. The second-order valence-corrected chi connectivity index (χ2v) is 7.81. The third-order valence-corrected chi connectivity index (χ3v) is 5.35. The average Bonchev–Trinajstić information content (AvgIpc) is 3.07. The lowest BCUT2D eigenvalue weighted by Crippen LogP contribution is -2.31. The number of hydrogen-bond acceptors (Lipinski definition) is 5. The molecule has 0 spiro atoms. The number of carbonyl (C=O) groups excluding carboxylic acids is 2. The fourth-order valence-corrected chi connectivity index (χ4v) is 3.59. The van der Waals surface area contributed by atoms with Crippen molar-refractivity contribution in [3.05, 3.63) is 23.8 Å². The average molecular weight is 401 g/mol. The van der Waals surface area contributed by atoms with Crippen LogP contribution in [0.2, 0.25) is 0 Å². The van der Waals surface area contributed by atoms with Crippen molar-refractivity contribution in [2.24, 2.45) is 4.99 Å². The number of aliphatic imine (C=N–C) groups is 1. The summed E-state index contributed by atoms with van der Waals surface area (Å²) in [5.74, 6) is 1.64. The van der Waals surface area contributed by atoms with Crippen LogP contribution in [0, 0.1) is 0 Å². The minimum atomic E-state index is -0.0193. The molecular weight excluding hydrogens is 368 g/mol. The Balaban J connectivity index is 1.35. The highest BCUT2D eigenvalue weighted by atomic mass is 16.5. The fourth-order valence-electron chi connectivity index (χ4n) is 3.59. The number of rotatable bonds is 11. The lowest BCUT2D eigenvalue weighted by Gasteiger charge is -2.23. The predicted molar refractivity (Wildman–Crippen MR) is 113 cm³/mol. The molecule has 0 bridgehead atoms. The van der Waals surface area contributed by atoms with Crippen molar-refractivity contribution in [2.45, 2.75) is 58.4 Å². The quantitative estimate of drug-likeness (QED) is 0.579. The van der Waals surface area contributed by atoms with Crippen molar-refractivity contribution in [3.8, 4) is 5.75 Å². The van der Waals surface area contributed by atoms with Crippen LogP contribution in [0.1, 0.15) is 57.4 Å². The van der Waals surface area contributed by atoms with E-state index in [0.717, 1.165) is 42.8 Å². The lowest BCUT2D eigenvalue weighted by atomic mass is 10.1. The van der Waals surface area contributed by atoms with Crippen molar-refractivity contribution in [1.29, 1.82) is 0 Å². The smallest absolute Gasteiger partial charge is 0.246 e. The van der Waals surface area contributed by atoms with E-state index in [4.69, 9.17) is 4.74 Å². The summed E-state index contributed by atoms with van der Waals surface area (Å²) in [6.45, 7) is 4.64. The zero-order valence-corrected chi connectivity index (χ0v) is 17.6. The maximum atomic E-state index is 12.2. The summed E-state index contributed by atoms with van der Waals surface area (Å²) in [4.78, 5) is 31.9. The van der Waals surface area contributed by atoms with Crippen LogP contribution in [-0.2, 0) is 16.1 Å². The summed E-state index contributed by atoms with van der Waals surface area (Å²) in [5, 5.41) is 2.77. The van der Waals surface area contributed by atoms with Crippen LogP contribution >= 0.6 is 0 Å². The number of ether oxygens (including phenoxy) is 1. The van der Waals surface area contributed by atoms with Gasteiger partial charge in [-0.3, -0.25) is 14.9 Å². The van der Waals surface area contributed by atoms with Gasteiger partial charge in [-0.2, -0.15) is 0 Å². The second kappa shape index (κ2) is 10.3. The summed E-state index contributed by atoms with van der Waals surface area (Å²) >= 11 is 0. The number of carbonyl (C=O) groups is 2. The summed E-state index contributed by atoms with van der Waals surface area (Å²) < 4.78 is 5.86.